The highest BCUT2D eigenvalue weighted by molar-refractivity contribution is 7.92. The zero-order valence-corrected chi connectivity index (χ0v) is 12.7. The quantitative estimate of drug-likeness (QED) is 0.948. The third-order valence-electron chi connectivity index (χ3n) is 3.79. The number of rotatable bonds is 3. The predicted octanol–water partition coefficient (Wildman–Crippen LogP) is 2.87. The van der Waals surface area contributed by atoms with E-state index in [-0.39, 0.29) is 0 Å². The van der Waals surface area contributed by atoms with Crippen molar-refractivity contribution in [1.29, 1.82) is 0 Å². The van der Waals surface area contributed by atoms with Crippen molar-refractivity contribution in [3.05, 3.63) is 54.1 Å². The molecule has 110 valence electrons. The second kappa shape index (κ2) is 5.41. The number of nitrogens with one attached hydrogen (secondary N) is 1. The zero-order valence-electron chi connectivity index (χ0n) is 11.9. The lowest BCUT2D eigenvalue weighted by Crippen LogP contribution is -2.26. The van der Waals surface area contributed by atoms with Crippen molar-refractivity contribution in [2.75, 3.05) is 23.2 Å². The fraction of sp³-hybridized carbons (Fsp3) is 0.250. The van der Waals surface area contributed by atoms with Gasteiger partial charge in [0.25, 0.3) is 10.0 Å². The molecule has 0 aliphatic carbocycles. The van der Waals surface area contributed by atoms with Crippen molar-refractivity contribution < 1.29 is 8.42 Å². The Hall–Kier alpha value is -2.01. The van der Waals surface area contributed by atoms with E-state index in [9.17, 15) is 8.42 Å². The highest BCUT2D eigenvalue weighted by atomic mass is 32.2. The number of fused-ring (bicyclic) bond motifs is 1. The smallest absolute Gasteiger partial charge is 0.264 e. The van der Waals surface area contributed by atoms with E-state index in [1.807, 2.05) is 24.3 Å². The van der Waals surface area contributed by atoms with Crippen molar-refractivity contribution >= 4 is 21.4 Å². The van der Waals surface area contributed by atoms with Crippen LogP contribution < -0.4 is 9.62 Å². The Balaban J connectivity index is 1.98. The number of para-hydroxylation sites is 1. The van der Waals surface area contributed by atoms with Crippen LogP contribution >= 0.6 is 0 Å². The van der Waals surface area contributed by atoms with Gasteiger partial charge in [0.15, 0.2) is 0 Å². The molecular formula is C16H18N2O2S. The van der Waals surface area contributed by atoms with Gasteiger partial charge in [-0.3, -0.25) is 4.31 Å². The van der Waals surface area contributed by atoms with E-state index in [1.54, 1.807) is 31.3 Å². The molecule has 2 aromatic rings. The van der Waals surface area contributed by atoms with Gasteiger partial charge in [0.1, 0.15) is 0 Å². The van der Waals surface area contributed by atoms with Crippen LogP contribution in [0.5, 0.6) is 0 Å². The highest BCUT2D eigenvalue weighted by Gasteiger charge is 2.22. The number of aryl methyl sites for hydroxylation is 1. The summed E-state index contributed by atoms with van der Waals surface area (Å²) in [6.07, 6.45) is 1.95. The maximum absolute atomic E-state index is 12.7. The summed E-state index contributed by atoms with van der Waals surface area (Å²) in [7, 11) is -1.93. The number of sulfonamides is 1. The SMILES string of the molecule is CN(c1ccccc1)S(=O)(=O)c1ccc2c(c1)CCCN2. The minimum Gasteiger partial charge on any atom is -0.385 e. The minimum atomic E-state index is -3.52. The van der Waals surface area contributed by atoms with Crippen LogP contribution in [0.4, 0.5) is 11.4 Å². The van der Waals surface area contributed by atoms with Crippen LogP contribution in [-0.4, -0.2) is 22.0 Å². The molecule has 1 N–H and O–H groups in total. The second-order valence-electron chi connectivity index (χ2n) is 5.16. The molecule has 4 nitrogen and oxygen atoms in total. The van der Waals surface area contributed by atoms with Crippen molar-refractivity contribution in [1.82, 2.24) is 0 Å². The second-order valence-corrected chi connectivity index (χ2v) is 7.13. The van der Waals surface area contributed by atoms with E-state index in [1.165, 1.54) is 4.31 Å². The monoisotopic (exact) mass is 302 g/mol. The molecule has 0 amide bonds. The summed E-state index contributed by atoms with van der Waals surface area (Å²) in [6.45, 7) is 0.947. The lowest BCUT2D eigenvalue weighted by Gasteiger charge is -2.22. The molecule has 0 fully saturated rings. The van der Waals surface area contributed by atoms with Gasteiger partial charge >= 0.3 is 0 Å². The van der Waals surface area contributed by atoms with Crippen LogP contribution in [0.15, 0.2) is 53.4 Å². The minimum absolute atomic E-state index is 0.344. The fourth-order valence-electron chi connectivity index (χ4n) is 2.55. The molecule has 1 aliphatic heterocycles. The largest absolute Gasteiger partial charge is 0.385 e. The molecular weight excluding hydrogens is 284 g/mol. The van der Waals surface area contributed by atoms with Gasteiger partial charge in [0.05, 0.1) is 10.6 Å². The summed E-state index contributed by atoms with van der Waals surface area (Å²) in [5.41, 5.74) is 2.78. The van der Waals surface area contributed by atoms with Crippen LogP contribution in [-0.2, 0) is 16.4 Å². The summed E-state index contributed by atoms with van der Waals surface area (Å²) in [4.78, 5) is 0.344. The molecule has 0 saturated carbocycles. The number of benzene rings is 2. The molecule has 5 heteroatoms. The Bertz CT molecular complexity index is 742. The molecule has 2 aromatic carbocycles. The van der Waals surface area contributed by atoms with E-state index in [2.05, 4.69) is 5.32 Å². The molecule has 0 atom stereocenters. The first kappa shape index (κ1) is 13.9. The van der Waals surface area contributed by atoms with Crippen LogP contribution in [0.1, 0.15) is 12.0 Å². The van der Waals surface area contributed by atoms with Crippen LogP contribution in [0.3, 0.4) is 0 Å². The van der Waals surface area contributed by atoms with Gasteiger partial charge in [-0.25, -0.2) is 8.42 Å². The fourth-order valence-corrected chi connectivity index (χ4v) is 3.79. The first-order chi connectivity index (χ1) is 10.1. The average molecular weight is 302 g/mol. The van der Waals surface area contributed by atoms with Crippen molar-refractivity contribution in [3.8, 4) is 0 Å². The average Bonchev–Trinajstić information content (AvgIpc) is 2.54. The number of anilines is 2. The third-order valence-corrected chi connectivity index (χ3v) is 5.57. The number of hydrogen-bond acceptors (Lipinski definition) is 3. The van der Waals surface area contributed by atoms with Gasteiger partial charge in [-0.05, 0) is 48.7 Å². The molecule has 1 heterocycles. The van der Waals surface area contributed by atoms with Gasteiger partial charge in [0.2, 0.25) is 0 Å². The molecule has 0 aromatic heterocycles. The Labute approximate surface area is 125 Å². The predicted molar refractivity (Wildman–Crippen MR) is 85.3 cm³/mol. The summed E-state index contributed by atoms with van der Waals surface area (Å²) in [5, 5.41) is 3.29. The van der Waals surface area contributed by atoms with Crippen LogP contribution in [0, 0.1) is 0 Å². The maximum atomic E-state index is 12.7. The zero-order chi connectivity index (χ0) is 14.9. The van der Waals surface area contributed by atoms with E-state index in [4.69, 9.17) is 0 Å². The van der Waals surface area contributed by atoms with Gasteiger partial charge in [0, 0.05) is 19.3 Å². The molecule has 0 spiro atoms. The van der Waals surface area contributed by atoms with Crippen LogP contribution in [0.25, 0.3) is 0 Å². The summed E-state index contributed by atoms with van der Waals surface area (Å²) >= 11 is 0. The van der Waals surface area contributed by atoms with Gasteiger partial charge < -0.3 is 5.32 Å². The van der Waals surface area contributed by atoms with Crippen molar-refractivity contribution in [2.24, 2.45) is 0 Å². The molecule has 1 aliphatic rings. The summed E-state index contributed by atoms with van der Waals surface area (Å²) in [6, 6.07) is 14.4. The molecule has 0 bridgehead atoms. The highest BCUT2D eigenvalue weighted by Crippen LogP contribution is 2.27. The number of hydrogen-bond donors (Lipinski definition) is 1. The topological polar surface area (TPSA) is 49.4 Å². The molecule has 0 saturated heterocycles. The standard InChI is InChI=1S/C16H18N2O2S/c1-18(14-7-3-2-4-8-14)21(19,20)15-9-10-16-13(12-15)6-5-11-17-16/h2-4,7-10,12,17H,5-6,11H2,1H3. The molecule has 21 heavy (non-hydrogen) atoms. The van der Waals surface area contributed by atoms with E-state index >= 15 is 0 Å². The van der Waals surface area contributed by atoms with Crippen molar-refractivity contribution in [3.63, 3.8) is 0 Å². The Morgan fingerprint density at radius 3 is 2.62 bits per heavy atom. The van der Waals surface area contributed by atoms with Gasteiger partial charge in [-0.2, -0.15) is 0 Å². The van der Waals surface area contributed by atoms with E-state index in [0.29, 0.717) is 10.6 Å². The Morgan fingerprint density at radius 2 is 1.86 bits per heavy atom. The molecule has 0 unspecified atom stereocenters. The number of nitrogens with zero attached hydrogens (tertiary/aromatic N) is 1. The first-order valence-electron chi connectivity index (χ1n) is 7.00. The van der Waals surface area contributed by atoms with E-state index < -0.39 is 10.0 Å². The van der Waals surface area contributed by atoms with Crippen LogP contribution in [0.2, 0.25) is 0 Å². The van der Waals surface area contributed by atoms with E-state index in [0.717, 1.165) is 30.6 Å². The summed E-state index contributed by atoms with van der Waals surface area (Å²) < 4.78 is 26.8. The first-order valence-corrected chi connectivity index (χ1v) is 8.44. The Morgan fingerprint density at radius 1 is 1.10 bits per heavy atom. The maximum Gasteiger partial charge on any atom is 0.264 e. The normalized spacial score (nSPS) is 14.1. The lowest BCUT2D eigenvalue weighted by molar-refractivity contribution is 0.594. The Kier molecular flexibility index (Phi) is 3.59. The van der Waals surface area contributed by atoms with Gasteiger partial charge in [-0.15, -0.1) is 0 Å². The third kappa shape index (κ3) is 2.61. The van der Waals surface area contributed by atoms with Crippen molar-refractivity contribution in [2.45, 2.75) is 17.7 Å². The molecule has 0 radical (unpaired) electrons. The lowest BCUT2D eigenvalue weighted by atomic mass is 10.0. The molecule has 3 rings (SSSR count). The van der Waals surface area contributed by atoms with Gasteiger partial charge in [-0.1, -0.05) is 18.2 Å². The summed E-state index contributed by atoms with van der Waals surface area (Å²) in [5.74, 6) is 0.